The van der Waals surface area contributed by atoms with E-state index >= 15 is 0 Å². The lowest BCUT2D eigenvalue weighted by atomic mass is 9.83. The average molecular weight is 247 g/mol. The minimum Gasteiger partial charge on any atom is -0.462 e. The van der Waals surface area contributed by atoms with E-state index in [1.54, 1.807) is 19.1 Å². The highest BCUT2D eigenvalue weighted by Crippen LogP contribution is 2.26. The van der Waals surface area contributed by atoms with E-state index in [1.165, 1.54) is 0 Å². The highest BCUT2D eigenvalue weighted by atomic mass is 16.5. The molecule has 1 aromatic rings. The number of aryl methyl sites for hydroxylation is 1. The number of Topliss-reactive ketones (excluding diaryl/α,β-unsaturated/α-hetero) is 1. The van der Waals surface area contributed by atoms with Gasteiger partial charge in [-0.3, -0.25) is 4.79 Å². The second kappa shape index (κ2) is 4.90. The Kier molecular flexibility index (Phi) is 3.48. The molecule has 18 heavy (non-hydrogen) atoms. The maximum absolute atomic E-state index is 12.0. The topological polar surface area (TPSA) is 69.4 Å². The molecule has 4 heteroatoms. The lowest BCUT2D eigenvalue weighted by Gasteiger charge is -2.22. The summed E-state index contributed by atoms with van der Waals surface area (Å²) in [5.41, 5.74) is 8.51. The zero-order valence-corrected chi connectivity index (χ0v) is 10.7. The fourth-order valence-corrected chi connectivity index (χ4v) is 2.33. The molecule has 0 heterocycles. The fraction of sp³-hybridized carbons (Fsp3) is 0.429. The van der Waals surface area contributed by atoms with Gasteiger partial charge in [0.05, 0.1) is 18.2 Å². The van der Waals surface area contributed by atoms with Crippen LogP contribution in [0.15, 0.2) is 12.1 Å². The first-order chi connectivity index (χ1) is 8.54. The molecule has 1 atom stereocenters. The lowest BCUT2D eigenvalue weighted by molar-refractivity contribution is 0.0524. The summed E-state index contributed by atoms with van der Waals surface area (Å²) in [6.45, 7) is 3.95. The van der Waals surface area contributed by atoms with Crippen LogP contribution in [0.5, 0.6) is 0 Å². The van der Waals surface area contributed by atoms with E-state index in [4.69, 9.17) is 10.5 Å². The Morgan fingerprint density at radius 2 is 2.22 bits per heavy atom. The van der Waals surface area contributed by atoms with Gasteiger partial charge in [0.2, 0.25) is 0 Å². The fourth-order valence-electron chi connectivity index (χ4n) is 2.33. The van der Waals surface area contributed by atoms with E-state index in [1.807, 2.05) is 6.92 Å². The molecule has 0 saturated heterocycles. The summed E-state index contributed by atoms with van der Waals surface area (Å²) in [4.78, 5) is 23.9. The monoisotopic (exact) mass is 247 g/mol. The minimum atomic E-state index is -0.450. The zero-order valence-electron chi connectivity index (χ0n) is 10.7. The molecule has 96 valence electrons. The summed E-state index contributed by atoms with van der Waals surface area (Å²) in [5, 5.41) is 0. The number of rotatable bonds is 2. The van der Waals surface area contributed by atoms with Crippen LogP contribution in [-0.2, 0) is 11.2 Å². The molecule has 0 bridgehead atoms. The van der Waals surface area contributed by atoms with Crippen molar-refractivity contribution in [2.45, 2.75) is 32.7 Å². The summed E-state index contributed by atoms with van der Waals surface area (Å²) in [5.74, 6) is -0.439. The van der Waals surface area contributed by atoms with Gasteiger partial charge in [0.1, 0.15) is 0 Å². The third-order valence-corrected chi connectivity index (χ3v) is 3.20. The third kappa shape index (κ3) is 2.16. The molecule has 2 N–H and O–H groups in total. The molecule has 1 aromatic carbocycles. The van der Waals surface area contributed by atoms with Gasteiger partial charge in [0.25, 0.3) is 0 Å². The maximum Gasteiger partial charge on any atom is 0.338 e. The van der Waals surface area contributed by atoms with Crippen molar-refractivity contribution in [2.24, 2.45) is 5.73 Å². The normalized spacial score (nSPS) is 18.4. The van der Waals surface area contributed by atoms with Crippen molar-refractivity contribution in [3.63, 3.8) is 0 Å². The summed E-state index contributed by atoms with van der Waals surface area (Å²) < 4.78 is 5.03. The van der Waals surface area contributed by atoms with Crippen molar-refractivity contribution in [3.05, 3.63) is 34.4 Å². The molecule has 0 amide bonds. The van der Waals surface area contributed by atoms with Crippen LogP contribution in [0.4, 0.5) is 0 Å². The molecule has 0 saturated carbocycles. The highest BCUT2D eigenvalue weighted by molar-refractivity contribution is 6.05. The first kappa shape index (κ1) is 12.8. The van der Waals surface area contributed by atoms with Gasteiger partial charge in [0.15, 0.2) is 5.78 Å². The molecule has 4 nitrogen and oxygen atoms in total. The molecule has 0 fully saturated rings. The smallest absolute Gasteiger partial charge is 0.338 e. The first-order valence-electron chi connectivity index (χ1n) is 6.15. The molecule has 1 unspecified atom stereocenters. The van der Waals surface area contributed by atoms with Crippen molar-refractivity contribution in [1.29, 1.82) is 0 Å². The van der Waals surface area contributed by atoms with Gasteiger partial charge in [-0.1, -0.05) is 0 Å². The van der Waals surface area contributed by atoms with Gasteiger partial charge < -0.3 is 10.5 Å². The van der Waals surface area contributed by atoms with Crippen LogP contribution < -0.4 is 5.73 Å². The van der Waals surface area contributed by atoms with Crippen LogP contribution in [0.25, 0.3) is 0 Å². The van der Waals surface area contributed by atoms with Gasteiger partial charge in [0, 0.05) is 5.56 Å². The third-order valence-electron chi connectivity index (χ3n) is 3.20. The number of benzene rings is 1. The zero-order chi connectivity index (χ0) is 13.3. The number of hydrogen-bond donors (Lipinski definition) is 1. The number of hydrogen-bond acceptors (Lipinski definition) is 4. The van der Waals surface area contributed by atoms with Gasteiger partial charge in [-0.05, 0) is 49.9 Å². The minimum absolute atomic E-state index is 0.0782. The SMILES string of the molecule is CCOC(=O)c1cc(C)cc2c1CCC(N)C2=O. The van der Waals surface area contributed by atoms with Crippen molar-refractivity contribution < 1.29 is 14.3 Å². The van der Waals surface area contributed by atoms with E-state index in [2.05, 4.69) is 0 Å². The highest BCUT2D eigenvalue weighted by Gasteiger charge is 2.28. The van der Waals surface area contributed by atoms with Gasteiger partial charge in [-0.2, -0.15) is 0 Å². The summed E-state index contributed by atoms with van der Waals surface area (Å²) in [6, 6.07) is 3.13. The van der Waals surface area contributed by atoms with Crippen LogP contribution in [0.2, 0.25) is 0 Å². The quantitative estimate of drug-likeness (QED) is 0.806. The Morgan fingerprint density at radius 3 is 2.89 bits per heavy atom. The Hall–Kier alpha value is -1.68. The number of esters is 1. The molecule has 1 aliphatic rings. The number of ether oxygens (including phenoxy) is 1. The van der Waals surface area contributed by atoms with E-state index in [-0.39, 0.29) is 11.8 Å². The van der Waals surface area contributed by atoms with Crippen molar-refractivity contribution in [2.75, 3.05) is 6.61 Å². The molecular weight excluding hydrogens is 230 g/mol. The number of ketones is 1. The van der Waals surface area contributed by atoms with E-state index in [0.717, 1.165) is 11.1 Å². The second-order valence-electron chi connectivity index (χ2n) is 4.57. The predicted octanol–water partition coefficient (Wildman–Crippen LogP) is 1.63. The Balaban J connectivity index is 2.52. The van der Waals surface area contributed by atoms with Crippen molar-refractivity contribution in [3.8, 4) is 0 Å². The largest absolute Gasteiger partial charge is 0.462 e. The molecule has 2 rings (SSSR count). The molecule has 0 aliphatic heterocycles. The number of carbonyl (C=O) groups is 2. The van der Waals surface area contributed by atoms with Crippen molar-refractivity contribution in [1.82, 2.24) is 0 Å². The van der Waals surface area contributed by atoms with E-state index in [9.17, 15) is 9.59 Å². The number of nitrogens with two attached hydrogens (primary N) is 1. The number of fused-ring (bicyclic) bond motifs is 1. The van der Waals surface area contributed by atoms with Crippen LogP contribution in [0.3, 0.4) is 0 Å². The molecule has 1 aliphatic carbocycles. The summed E-state index contributed by atoms with van der Waals surface area (Å²) >= 11 is 0. The predicted molar refractivity (Wildman–Crippen MR) is 67.8 cm³/mol. The second-order valence-corrected chi connectivity index (χ2v) is 4.57. The number of carbonyl (C=O) groups excluding carboxylic acids is 2. The Labute approximate surface area is 106 Å². The van der Waals surface area contributed by atoms with Gasteiger partial charge in [-0.25, -0.2) is 4.79 Å². The lowest BCUT2D eigenvalue weighted by Crippen LogP contribution is -2.36. The average Bonchev–Trinajstić information content (AvgIpc) is 2.34. The summed E-state index contributed by atoms with van der Waals surface area (Å²) in [6.07, 6.45) is 1.23. The standard InChI is InChI=1S/C14H17NO3/c1-3-18-14(17)11-7-8(2)6-10-9(11)4-5-12(15)13(10)16/h6-7,12H,3-5,15H2,1-2H3. The Bertz CT molecular complexity index is 508. The van der Waals surface area contributed by atoms with E-state index in [0.29, 0.717) is 30.6 Å². The van der Waals surface area contributed by atoms with Gasteiger partial charge >= 0.3 is 5.97 Å². The Morgan fingerprint density at radius 1 is 1.50 bits per heavy atom. The van der Waals surface area contributed by atoms with Crippen LogP contribution in [0.1, 0.15) is 45.2 Å². The molecule has 0 radical (unpaired) electrons. The van der Waals surface area contributed by atoms with Crippen LogP contribution >= 0.6 is 0 Å². The summed E-state index contributed by atoms with van der Waals surface area (Å²) in [7, 11) is 0. The molecule has 0 spiro atoms. The van der Waals surface area contributed by atoms with Crippen LogP contribution in [-0.4, -0.2) is 24.4 Å². The van der Waals surface area contributed by atoms with Crippen molar-refractivity contribution >= 4 is 11.8 Å². The molecular formula is C14H17NO3. The van der Waals surface area contributed by atoms with Crippen LogP contribution in [0, 0.1) is 6.92 Å². The van der Waals surface area contributed by atoms with E-state index < -0.39 is 6.04 Å². The molecule has 0 aromatic heterocycles. The van der Waals surface area contributed by atoms with Gasteiger partial charge in [-0.15, -0.1) is 0 Å². The maximum atomic E-state index is 12.0. The first-order valence-corrected chi connectivity index (χ1v) is 6.15.